The van der Waals surface area contributed by atoms with Crippen molar-refractivity contribution in [1.29, 1.82) is 0 Å². The highest BCUT2D eigenvalue weighted by atomic mass is 16.5. The van der Waals surface area contributed by atoms with Crippen LogP contribution in [0, 0.1) is 6.92 Å². The molecule has 0 spiro atoms. The number of hydrogen-bond donors (Lipinski definition) is 0. The molecule has 6 heteroatoms. The number of rotatable bonds is 7. The summed E-state index contributed by atoms with van der Waals surface area (Å²) >= 11 is 0. The van der Waals surface area contributed by atoms with Crippen molar-refractivity contribution in [2.75, 3.05) is 19.1 Å². The minimum atomic E-state index is -0.599. The van der Waals surface area contributed by atoms with Gasteiger partial charge in [0.05, 0.1) is 19.9 Å². The maximum absolute atomic E-state index is 13.5. The number of ether oxygens (including phenoxy) is 2. The lowest BCUT2D eigenvalue weighted by atomic mass is 10.0. The van der Waals surface area contributed by atoms with E-state index < -0.39 is 6.04 Å². The first-order chi connectivity index (χ1) is 15.5. The summed E-state index contributed by atoms with van der Waals surface area (Å²) in [4.78, 5) is 29.8. The lowest BCUT2D eigenvalue weighted by molar-refractivity contribution is -0.119. The quantitative estimate of drug-likeness (QED) is 0.515. The second-order valence-corrected chi connectivity index (χ2v) is 7.77. The van der Waals surface area contributed by atoms with Gasteiger partial charge in [0.25, 0.3) is 5.91 Å². The van der Waals surface area contributed by atoms with Gasteiger partial charge in [0, 0.05) is 13.0 Å². The van der Waals surface area contributed by atoms with Gasteiger partial charge in [-0.15, -0.1) is 0 Å². The van der Waals surface area contributed by atoms with Gasteiger partial charge in [-0.3, -0.25) is 4.79 Å². The smallest absolute Gasteiger partial charge is 0.332 e. The van der Waals surface area contributed by atoms with E-state index in [1.165, 1.54) is 4.90 Å². The number of benzene rings is 3. The minimum absolute atomic E-state index is 0.220. The summed E-state index contributed by atoms with van der Waals surface area (Å²) in [5.41, 5.74) is 3.35. The molecule has 3 amide bonds. The molecule has 3 aromatic carbocycles. The van der Waals surface area contributed by atoms with Crippen molar-refractivity contribution in [3.05, 3.63) is 89.5 Å². The molecule has 1 saturated heterocycles. The molecule has 0 bridgehead atoms. The molecule has 0 aliphatic carbocycles. The number of amides is 3. The zero-order chi connectivity index (χ0) is 22.7. The molecule has 4 rings (SSSR count). The Kier molecular flexibility index (Phi) is 6.12. The number of methoxy groups -OCH3 is 2. The normalized spacial score (nSPS) is 15.9. The van der Waals surface area contributed by atoms with E-state index in [9.17, 15) is 9.59 Å². The number of para-hydroxylation sites is 1. The highest BCUT2D eigenvalue weighted by molar-refractivity contribution is 6.21. The van der Waals surface area contributed by atoms with E-state index in [0.717, 1.165) is 16.7 Å². The molecular weight excluding hydrogens is 404 g/mol. The van der Waals surface area contributed by atoms with Gasteiger partial charge in [-0.05, 0) is 41.8 Å². The molecular formula is C26H26N2O4. The van der Waals surface area contributed by atoms with Crippen molar-refractivity contribution in [2.24, 2.45) is 0 Å². The molecule has 3 aromatic rings. The average Bonchev–Trinajstić information content (AvgIpc) is 3.03. The minimum Gasteiger partial charge on any atom is -0.493 e. The van der Waals surface area contributed by atoms with E-state index >= 15 is 0 Å². The fraction of sp³-hybridized carbons (Fsp3) is 0.231. The van der Waals surface area contributed by atoms with Crippen molar-refractivity contribution in [3.8, 4) is 11.5 Å². The van der Waals surface area contributed by atoms with Gasteiger partial charge < -0.3 is 14.4 Å². The van der Waals surface area contributed by atoms with Gasteiger partial charge in [0.1, 0.15) is 6.04 Å². The molecule has 1 aliphatic rings. The molecule has 1 fully saturated rings. The largest absolute Gasteiger partial charge is 0.493 e. The van der Waals surface area contributed by atoms with Crippen molar-refractivity contribution in [2.45, 2.75) is 25.9 Å². The molecule has 6 nitrogen and oxygen atoms in total. The van der Waals surface area contributed by atoms with Crippen molar-refractivity contribution >= 4 is 17.6 Å². The predicted octanol–water partition coefficient (Wildman–Crippen LogP) is 4.59. The summed E-state index contributed by atoms with van der Waals surface area (Å²) in [5.74, 6) is 1.04. The Bertz CT molecular complexity index is 1120. The van der Waals surface area contributed by atoms with Gasteiger partial charge in [-0.2, -0.15) is 0 Å². The zero-order valence-corrected chi connectivity index (χ0v) is 18.4. The highest BCUT2D eigenvalue weighted by Crippen LogP contribution is 2.34. The maximum atomic E-state index is 13.5. The van der Waals surface area contributed by atoms with E-state index in [2.05, 4.69) is 0 Å². The van der Waals surface area contributed by atoms with Crippen molar-refractivity contribution in [1.82, 2.24) is 4.90 Å². The topological polar surface area (TPSA) is 59.1 Å². The first-order valence-electron chi connectivity index (χ1n) is 10.5. The van der Waals surface area contributed by atoms with Crippen LogP contribution in [0.3, 0.4) is 0 Å². The number of imide groups is 1. The Balaban J connectivity index is 1.71. The Labute approximate surface area is 188 Å². The van der Waals surface area contributed by atoms with E-state index in [1.807, 2.05) is 67.6 Å². The van der Waals surface area contributed by atoms with E-state index in [4.69, 9.17) is 9.47 Å². The molecule has 1 atom stereocenters. The Morgan fingerprint density at radius 2 is 1.50 bits per heavy atom. The molecule has 0 radical (unpaired) electrons. The standard InChI is InChI=1S/C26H26N2O4/c1-18-14-20(16-23(31-2)24(18)32-3)17-27-22(15-19-10-6-4-7-11-19)25(29)28(26(27)30)21-12-8-5-9-13-21/h4-14,16,22H,15,17H2,1-3H3/t22-/m0/s1. The monoisotopic (exact) mass is 430 g/mol. The molecule has 0 unspecified atom stereocenters. The summed E-state index contributed by atoms with van der Waals surface area (Å²) in [6.45, 7) is 2.21. The van der Waals surface area contributed by atoms with E-state index in [0.29, 0.717) is 23.6 Å². The number of urea groups is 1. The van der Waals surface area contributed by atoms with Gasteiger partial charge in [-0.1, -0.05) is 54.6 Å². The molecule has 0 saturated carbocycles. The van der Waals surface area contributed by atoms with E-state index in [-0.39, 0.29) is 18.5 Å². The first-order valence-corrected chi connectivity index (χ1v) is 10.5. The summed E-state index contributed by atoms with van der Waals surface area (Å²) in [6.07, 6.45) is 0.445. The number of carbonyl (C=O) groups excluding carboxylic acids is 2. The number of aryl methyl sites for hydroxylation is 1. The SMILES string of the molecule is COc1cc(CN2C(=O)N(c3ccccc3)C(=O)[C@@H]2Cc2ccccc2)cc(C)c1OC. The average molecular weight is 431 g/mol. The zero-order valence-electron chi connectivity index (χ0n) is 18.4. The lowest BCUT2D eigenvalue weighted by Crippen LogP contribution is -2.36. The molecule has 0 aromatic heterocycles. The third-order valence-electron chi connectivity index (χ3n) is 5.68. The first kappa shape index (κ1) is 21.4. The van der Waals surface area contributed by atoms with Crippen molar-refractivity contribution < 1.29 is 19.1 Å². The van der Waals surface area contributed by atoms with E-state index in [1.54, 1.807) is 31.3 Å². The van der Waals surface area contributed by atoms with Crippen molar-refractivity contribution in [3.63, 3.8) is 0 Å². The number of nitrogens with zero attached hydrogens (tertiary/aromatic N) is 2. The number of carbonyl (C=O) groups is 2. The predicted molar refractivity (Wildman–Crippen MR) is 123 cm³/mol. The highest BCUT2D eigenvalue weighted by Gasteiger charge is 2.45. The lowest BCUT2D eigenvalue weighted by Gasteiger charge is -2.23. The number of hydrogen-bond acceptors (Lipinski definition) is 4. The van der Waals surface area contributed by atoms with Crippen LogP contribution in [-0.4, -0.2) is 37.1 Å². The fourth-order valence-electron chi connectivity index (χ4n) is 4.18. The summed E-state index contributed by atoms with van der Waals surface area (Å²) in [5, 5.41) is 0. The third kappa shape index (κ3) is 4.04. The van der Waals surface area contributed by atoms with Gasteiger partial charge in [0.15, 0.2) is 11.5 Å². The fourth-order valence-corrected chi connectivity index (χ4v) is 4.18. The molecule has 1 aliphatic heterocycles. The van der Waals surface area contributed by atoms with Crippen LogP contribution in [0.4, 0.5) is 10.5 Å². The Morgan fingerprint density at radius 1 is 0.844 bits per heavy atom. The maximum Gasteiger partial charge on any atom is 0.332 e. The summed E-state index contributed by atoms with van der Waals surface area (Å²) in [6, 6.07) is 21.7. The van der Waals surface area contributed by atoms with Crippen LogP contribution in [0.15, 0.2) is 72.8 Å². The van der Waals surface area contributed by atoms with Crippen LogP contribution in [0.2, 0.25) is 0 Å². The van der Waals surface area contributed by atoms with Gasteiger partial charge in [-0.25, -0.2) is 9.69 Å². The molecule has 32 heavy (non-hydrogen) atoms. The van der Waals surface area contributed by atoms with Crippen LogP contribution >= 0.6 is 0 Å². The van der Waals surface area contributed by atoms with Gasteiger partial charge >= 0.3 is 6.03 Å². The molecule has 0 N–H and O–H groups in total. The van der Waals surface area contributed by atoms with Crippen LogP contribution in [0.5, 0.6) is 11.5 Å². The van der Waals surface area contributed by atoms with Gasteiger partial charge in [0.2, 0.25) is 0 Å². The summed E-state index contributed by atoms with van der Waals surface area (Å²) < 4.78 is 10.9. The van der Waals surface area contributed by atoms with Crippen LogP contribution < -0.4 is 14.4 Å². The third-order valence-corrected chi connectivity index (χ3v) is 5.68. The summed E-state index contributed by atoms with van der Waals surface area (Å²) in [7, 11) is 3.18. The number of anilines is 1. The molecule has 1 heterocycles. The van der Waals surface area contributed by atoms with Crippen LogP contribution in [-0.2, 0) is 17.8 Å². The van der Waals surface area contributed by atoms with Crippen LogP contribution in [0.25, 0.3) is 0 Å². The second kappa shape index (κ2) is 9.14. The molecule has 164 valence electrons. The Morgan fingerprint density at radius 3 is 2.12 bits per heavy atom. The van der Waals surface area contributed by atoms with Crippen LogP contribution in [0.1, 0.15) is 16.7 Å². The second-order valence-electron chi connectivity index (χ2n) is 7.77. The Hall–Kier alpha value is -3.80.